The number of carbonyl (C=O) groups is 1. The van der Waals surface area contributed by atoms with E-state index in [0.717, 1.165) is 21.8 Å². The summed E-state index contributed by atoms with van der Waals surface area (Å²) in [5.41, 5.74) is 2.95. The van der Waals surface area contributed by atoms with Crippen molar-refractivity contribution in [3.05, 3.63) is 145 Å². The molecule has 0 fully saturated rings. The van der Waals surface area contributed by atoms with E-state index in [0.29, 0.717) is 28.4 Å². The van der Waals surface area contributed by atoms with E-state index < -0.39 is 8.60 Å². The minimum atomic E-state index is -1.78. The highest BCUT2D eigenvalue weighted by Crippen LogP contribution is 2.42. The van der Waals surface area contributed by atoms with Gasteiger partial charge >= 0.3 is 8.60 Å². The lowest BCUT2D eigenvalue weighted by atomic mass is 10.0. The summed E-state index contributed by atoms with van der Waals surface area (Å²) in [7, 11) is -1.78. The minimum Gasteiger partial charge on any atom is -0.409 e. The van der Waals surface area contributed by atoms with E-state index in [1.165, 1.54) is 0 Å². The first-order valence-corrected chi connectivity index (χ1v) is 13.2. The molecule has 5 nitrogen and oxygen atoms in total. The predicted octanol–water partition coefficient (Wildman–Crippen LogP) is 8.38. The SMILES string of the molecule is O=C(c1ccc(OP(Oc2ccccc2)Oc2ccccc2)cc1)c1ccc2nc3ccccc3cc2c1. The number of aromatic nitrogens is 1. The summed E-state index contributed by atoms with van der Waals surface area (Å²) in [6.45, 7) is 0. The predicted molar refractivity (Wildman–Crippen MR) is 151 cm³/mol. The molecule has 1 heterocycles. The van der Waals surface area contributed by atoms with Crippen molar-refractivity contribution in [2.75, 3.05) is 0 Å². The molecule has 6 rings (SSSR count). The van der Waals surface area contributed by atoms with Crippen LogP contribution in [0.3, 0.4) is 0 Å². The van der Waals surface area contributed by atoms with Crippen molar-refractivity contribution in [1.82, 2.24) is 4.98 Å². The van der Waals surface area contributed by atoms with Crippen molar-refractivity contribution in [1.29, 1.82) is 0 Å². The Bertz CT molecular complexity index is 1670. The standard InChI is InChI=1S/C32H22NO4P/c34-32(25-17-20-31-26(22-25)21-24-9-7-8-14-30(24)33-31)23-15-18-29(19-16-23)37-38(35-27-10-3-1-4-11-27)36-28-12-5-2-6-13-28/h1-22H. The van der Waals surface area contributed by atoms with Gasteiger partial charge in [-0.3, -0.25) is 4.79 Å². The van der Waals surface area contributed by atoms with E-state index >= 15 is 0 Å². The van der Waals surface area contributed by atoms with Crippen molar-refractivity contribution in [3.63, 3.8) is 0 Å². The number of carbonyl (C=O) groups excluding carboxylic acids is 1. The van der Waals surface area contributed by atoms with Crippen LogP contribution in [0.5, 0.6) is 17.2 Å². The molecule has 0 saturated heterocycles. The highest BCUT2D eigenvalue weighted by Gasteiger charge is 2.20. The molecule has 0 atom stereocenters. The van der Waals surface area contributed by atoms with Crippen LogP contribution in [0.25, 0.3) is 21.8 Å². The lowest BCUT2D eigenvalue weighted by molar-refractivity contribution is 0.103. The Hall–Kier alpha value is -4.73. The highest BCUT2D eigenvalue weighted by atomic mass is 31.2. The van der Waals surface area contributed by atoms with Gasteiger partial charge in [-0.2, -0.15) is 0 Å². The molecule has 0 aliphatic heterocycles. The second kappa shape index (κ2) is 10.7. The molecule has 0 unspecified atom stereocenters. The van der Waals surface area contributed by atoms with E-state index in [-0.39, 0.29) is 5.78 Å². The number of hydrogen-bond acceptors (Lipinski definition) is 5. The lowest BCUT2D eigenvalue weighted by Gasteiger charge is -2.18. The fraction of sp³-hybridized carbons (Fsp3) is 0. The zero-order chi connectivity index (χ0) is 25.7. The molecular formula is C32H22NO4P. The fourth-order valence-corrected chi connectivity index (χ4v) is 5.03. The summed E-state index contributed by atoms with van der Waals surface area (Å²) in [5, 5.41) is 1.97. The smallest absolute Gasteiger partial charge is 0.409 e. The molecule has 0 saturated carbocycles. The van der Waals surface area contributed by atoms with Crippen molar-refractivity contribution < 1.29 is 18.4 Å². The van der Waals surface area contributed by atoms with Crippen LogP contribution in [0.15, 0.2) is 133 Å². The molecule has 0 aliphatic carbocycles. The number of pyridine rings is 1. The van der Waals surface area contributed by atoms with Gasteiger partial charge in [0.1, 0.15) is 17.2 Å². The third-order valence-electron chi connectivity index (χ3n) is 5.92. The molecule has 38 heavy (non-hydrogen) atoms. The zero-order valence-electron chi connectivity index (χ0n) is 20.2. The van der Waals surface area contributed by atoms with E-state index in [2.05, 4.69) is 6.07 Å². The van der Waals surface area contributed by atoms with Gasteiger partial charge in [0.05, 0.1) is 11.0 Å². The molecular weight excluding hydrogens is 493 g/mol. The fourth-order valence-electron chi connectivity index (χ4n) is 4.03. The summed E-state index contributed by atoms with van der Waals surface area (Å²) in [5.74, 6) is 1.74. The van der Waals surface area contributed by atoms with E-state index in [1.54, 1.807) is 24.3 Å². The Morgan fingerprint density at radius 1 is 0.500 bits per heavy atom. The molecule has 6 aromatic rings. The van der Waals surface area contributed by atoms with Crippen LogP contribution in [-0.4, -0.2) is 10.8 Å². The molecule has 5 aromatic carbocycles. The van der Waals surface area contributed by atoms with Gasteiger partial charge in [0.2, 0.25) is 0 Å². The van der Waals surface area contributed by atoms with Gasteiger partial charge in [-0.05, 0) is 78.9 Å². The van der Waals surface area contributed by atoms with Gasteiger partial charge in [-0.15, -0.1) is 0 Å². The Kier molecular flexibility index (Phi) is 6.67. The van der Waals surface area contributed by atoms with Crippen LogP contribution in [0.2, 0.25) is 0 Å². The summed E-state index contributed by atoms with van der Waals surface area (Å²) >= 11 is 0. The van der Waals surface area contributed by atoms with Crippen LogP contribution in [-0.2, 0) is 0 Å². The number of rotatable bonds is 8. The van der Waals surface area contributed by atoms with Crippen molar-refractivity contribution in [3.8, 4) is 17.2 Å². The van der Waals surface area contributed by atoms with Crippen LogP contribution >= 0.6 is 8.60 Å². The topological polar surface area (TPSA) is 57.7 Å². The van der Waals surface area contributed by atoms with Gasteiger partial charge < -0.3 is 13.6 Å². The summed E-state index contributed by atoms with van der Waals surface area (Å²) < 4.78 is 18.0. The van der Waals surface area contributed by atoms with Crippen LogP contribution in [0, 0.1) is 0 Å². The summed E-state index contributed by atoms with van der Waals surface area (Å²) in [6, 6.07) is 41.4. The van der Waals surface area contributed by atoms with Gasteiger partial charge in [-0.25, -0.2) is 4.98 Å². The van der Waals surface area contributed by atoms with E-state index in [1.807, 2.05) is 103 Å². The summed E-state index contributed by atoms with van der Waals surface area (Å²) in [6.07, 6.45) is 0. The Morgan fingerprint density at radius 2 is 1.03 bits per heavy atom. The van der Waals surface area contributed by atoms with E-state index in [4.69, 9.17) is 18.6 Å². The van der Waals surface area contributed by atoms with Crippen molar-refractivity contribution in [2.24, 2.45) is 0 Å². The van der Waals surface area contributed by atoms with Gasteiger partial charge in [-0.1, -0.05) is 54.6 Å². The lowest BCUT2D eigenvalue weighted by Crippen LogP contribution is -2.03. The first-order chi connectivity index (χ1) is 18.7. The Morgan fingerprint density at radius 3 is 1.68 bits per heavy atom. The van der Waals surface area contributed by atoms with Crippen LogP contribution in [0.1, 0.15) is 15.9 Å². The summed E-state index contributed by atoms with van der Waals surface area (Å²) in [4.78, 5) is 18.0. The van der Waals surface area contributed by atoms with Crippen LogP contribution in [0.4, 0.5) is 0 Å². The second-order valence-corrected chi connectivity index (χ2v) is 9.56. The van der Waals surface area contributed by atoms with Crippen molar-refractivity contribution in [2.45, 2.75) is 0 Å². The average molecular weight is 516 g/mol. The number of nitrogens with zero attached hydrogens (tertiary/aromatic N) is 1. The molecule has 0 radical (unpaired) electrons. The monoisotopic (exact) mass is 515 g/mol. The molecule has 0 N–H and O–H groups in total. The van der Waals surface area contributed by atoms with E-state index in [9.17, 15) is 4.79 Å². The van der Waals surface area contributed by atoms with Crippen LogP contribution < -0.4 is 13.6 Å². The number of para-hydroxylation sites is 3. The Balaban J connectivity index is 1.21. The molecule has 0 aliphatic rings. The number of benzene rings is 5. The maximum Gasteiger partial charge on any atom is 0.530 e. The molecule has 1 aromatic heterocycles. The van der Waals surface area contributed by atoms with Crippen molar-refractivity contribution >= 4 is 36.2 Å². The largest absolute Gasteiger partial charge is 0.530 e. The van der Waals surface area contributed by atoms with Gasteiger partial charge in [0.15, 0.2) is 5.78 Å². The first kappa shape index (κ1) is 23.7. The second-order valence-electron chi connectivity index (χ2n) is 8.57. The molecule has 6 heteroatoms. The third-order valence-corrected chi connectivity index (χ3v) is 7.00. The first-order valence-electron chi connectivity index (χ1n) is 12.1. The zero-order valence-corrected chi connectivity index (χ0v) is 21.1. The number of ketones is 1. The minimum absolute atomic E-state index is 0.0741. The number of hydrogen-bond donors (Lipinski definition) is 0. The normalized spacial score (nSPS) is 11.0. The highest BCUT2D eigenvalue weighted by molar-refractivity contribution is 7.43. The maximum absolute atomic E-state index is 13.3. The molecule has 184 valence electrons. The van der Waals surface area contributed by atoms with Gasteiger partial charge in [0, 0.05) is 21.9 Å². The Labute approximate surface area is 221 Å². The molecule has 0 bridgehead atoms. The quantitative estimate of drug-likeness (QED) is 0.116. The molecule has 0 spiro atoms. The third kappa shape index (κ3) is 5.34. The maximum atomic E-state index is 13.3. The average Bonchev–Trinajstić information content (AvgIpc) is 2.97. The number of fused-ring (bicyclic) bond motifs is 2. The molecule has 0 amide bonds. The van der Waals surface area contributed by atoms with Gasteiger partial charge in [0.25, 0.3) is 0 Å².